The molecule has 1 fully saturated rings. The zero-order chi connectivity index (χ0) is 17.0. The van der Waals surface area contributed by atoms with Crippen LogP contribution in [0.15, 0.2) is 18.3 Å². The molecule has 2 heterocycles. The zero-order valence-electron chi connectivity index (χ0n) is 12.6. The van der Waals surface area contributed by atoms with Gasteiger partial charge in [-0.25, -0.2) is 18.2 Å². The largest absolute Gasteiger partial charge is 0.452 e. The topological polar surface area (TPSA) is 93.6 Å². The van der Waals surface area contributed by atoms with Crippen LogP contribution in [0.4, 0.5) is 0 Å². The number of likely N-dealkylation sites (N-methyl/N-ethyl adjacent to an activating group) is 1. The smallest absolute Gasteiger partial charge is 0.341 e. The average Bonchev–Trinajstić information content (AvgIpc) is 2.86. The lowest BCUT2D eigenvalue weighted by Gasteiger charge is -2.26. The van der Waals surface area contributed by atoms with Gasteiger partial charge < -0.3 is 9.64 Å². The molecule has 0 unspecified atom stereocenters. The fourth-order valence-corrected chi connectivity index (χ4v) is 4.41. The molecule has 1 aliphatic rings. The van der Waals surface area contributed by atoms with Gasteiger partial charge in [0.2, 0.25) is 0 Å². The number of carbonyl (C=O) groups is 2. The van der Waals surface area contributed by atoms with Crippen LogP contribution in [0.3, 0.4) is 0 Å². The van der Waals surface area contributed by atoms with Crippen molar-refractivity contribution in [2.75, 3.05) is 24.7 Å². The Hall–Kier alpha value is -1.67. The van der Waals surface area contributed by atoms with Crippen LogP contribution in [0.1, 0.15) is 23.7 Å². The Morgan fingerprint density at radius 3 is 2.78 bits per heavy atom. The summed E-state index contributed by atoms with van der Waals surface area (Å²) in [7, 11) is -3.09. The summed E-state index contributed by atoms with van der Waals surface area (Å²) in [5.74, 6) is -1.14. The lowest BCUT2D eigenvalue weighted by molar-refractivity contribution is -0.136. The summed E-state index contributed by atoms with van der Waals surface area (Å²) in [5, 5.41) is -0.000757. The van der Waals surface area contributed by atoms with Gasteiger partial charge in [-0.15, -0.1) is 0 Å². The molecule has 2 rings (SSSR count). The second-order valence-corrected chi connectivity index (χ2v) is 7.74. The number of amides is 1. The number of ether oxygens (including phenoxy) is 1. The number of aromatic nitrogens is 1. The van der Waals surface area contributed by atoms with E-state index in [0.29, 0.717) is 13.0 Å². The molecule has 0 saturated carbocycles. The fraction of sp³-hybridized carbons (Fsp3) is 0.500. The van der Waals surface area contributed by atoms with Crippen molar-refractivity contribution >= 4 is 33.3 Å². The van der Waals surface area contributed by atoms with Crippen LogP contribution in [-0.2, 0) is 19.4 Å². The Morgan fingerprint density at radius 1 is 1.48 bits per heavy atom. The van der Waals surface area contributed by atoms with Crippen LogP contribution >= 0.6 is 11.6 Å². The van der Waals surface area contributed by atoms with Crippen molar-refractivity contribution in [1.29, 1.82) is 0 Å². The van der Waals surface area contributed by atoms with E-state index in [-0.39, 0.29) is 28.3 Å². The van der Waals surface area contributed by atoms with Gasteiger partial charge in [-0.1, -0.05) is 11.6 Å². The number of rotatable bonds is 5. The second kappa shape index (κ2) is 7.27. The molecule has 1 aromatic heterocycles. The minimum Gasteiger partial charge on any atom is -0.452 e. The standard InChI is InChI=1S/C14H17ClN2O5S/c1-2-17(10-5-7-23(20,21)9-10)12(18)8-22-14(19)11-4-3-6-16-13(11)15/h3-4,6,10H,2,5,7-9H2,1H3/t10-/m1/s1. The van der Waals surface area contributed by atoms with Crippen molar-refractivity contribution in [2.45, 2.75) is 19.4 Å². The molecule has 1 atom stereocenters. The van der Waals surface area contributed by atoms with E-state index in [4.69, 9.17) is 16.3 Å². The van der Waals surface area contributed by atoms with Gasteiger partial charge in [0.05, 0.1) is 17.1 Å². The molecule has 0 bridgehead atoms. The lowest BCUT2D eigenvalue weighted by Crippen LogP contribution is -2.43. The summed E-state index contributed by atoms with van der Waals surface area (Å²) in [6, 6.07) is 2.62. The highest BCUT2D eigenvalue weighted by Crippen LogP contribution is 2.18. The van der Waals surface area contributed by atoms with Crippen molar-refractivity contribution < 1.29 is 22.7 Å². The van der Waals surface area contributed by atoms with E-state index < -0.39 is 28.3 Å². The van der Waals surface area contributed by atoms with Gasteiger partial charge in [0.1, 0.15) is 5.15 Å². The third kappa shape index (κ3) is 4.42. The van der Waals surface area contributed by atoms with E-state index >= 15 is 0 Å². The molecule has 0 aliphatic carbocycles. The van der Waals surface area contributed by atoms with E-state index in [1.165, 1.54) is 23.2 Å². The highest BCUT2D eigenvalue weighted by Gasteiger charge is 2.34. The first-order valence-electron chi connectivity index (χ1n) is 7.11. The number of halogens is 1. The predicted octanol–water partition coefficient (Wildman–Crippen LogP) is 0.927. The number of hydrogen-bond donors (Lipinski definition) is 0. The molecule has 0 spiro atoms. The third-order valence-electron chi connectivity index (χ3n) is 3.62. The van der Waals surface area contributed by atoms with Gasteiger partial charge in [0.25, 0.3) is 5.91 Å². The first-order valence-corrected chi connectivity index (χ1v) is 9.31. The minimum absolute atomic E-state index is 0.000757. The number of nitrogens with zero attached hydrogens (tertiary/aromatic N) is 2. The Balaban J connectivity index is 1.95. The molecule has 1 amide bonds. The van der Waals surface area contributed by atoms with Crippen LogP contribution in [0.5, 0.6) is 0 Å². The number of carbonyl (C=O) groups excluding carboxylic acids is 2. The molecule has 7 nitrogen and oxygen atoms in total. The van der Waals surface area contributed by atoms with Crippen molar-refractivity contribution in [3.05, 3.63) is 29.0 Å². The Bertz CT molecular complexity index is 707. The van der Waals surface area contributed by atoms with Crippen molar-refractivity contribution in [3.63, 3.8) is 0 Å². The van der Waals surface area contributed by atoms with Gasteiger partial charge in [0.15, 0.2) is 16.4 Å². The molecule has 0 N–H and O–H groups in total. The molecule has 1 saturated heterocycles. The highest BCUT2D eigenvalue weighted by molar-refractivity contribution is 7.91. The van der Waals surface area contributed by atoms with Gasteiger partial charge >= 0.3 is 5.97 Å². The summed E-state index contributed by atoms with van der Waals surface area (Å²) in [6.07, 6.45) is 1.84. The molecular formula is C14H17ClN2O5S. The number of sulfone groups is 1. The Morgan fingerprint density at radius 2 is 2.22 bits per heavy atom. The van der Waals surface area contributed by atoms with Gasteiger partial charge in [-0.05, 0) is 25.5 Å². The maximum Gasteiger partial charge on any atom is 0.341 e. The van der Waals surface area contributed by atoms with Crippen molar-refractivity contribution in [3.8, 4) is 0 Å². The fourth-order valence-electron chi connectivity index (χ4n) is 2.49. The monoisotopic (exact) mass is 360 g/mol. The normalized spacial score (nSPS) is 19.3. The summed E-state index contributed by atoms with van der Waals surface area (Å²) in [6.45, 7) is 1.64. The van der Waals surface area contributed by atoms with E-state index in [1.807, 2.05) is 0 Å². The number of esters is 1. The molecule has 1 aliphatic heterocycles. The predicted molar refractivity (Wildman–Crippen MR) is 84.0 cm³/mol. The van der Waals surface area contributed by atoms with E-state index in [2.05, 4.69) is 4.98 Å². The van der Waals surface area contributed by atoms with Crippen LogP contribution in [0.25, 0.3) is 0 Å². The average molecular weight is 361 g/mol. The molecule has 1 aromatic rings. The SMILES string of the molecule is CCN(C(=O)COC(=O)c1cccnc1Cl)[C@@H]1CCS(=O)(=O)C1. The summed E-state index contributed by atoms with van der Waals surface area (Å²) >= 11 is 5.79. The quantitative estimate of drug-likeness (QED) is 0.572. The van der Waals surface area contributed by atoms with E-state index in [1.54, 1.807) is 6.92 Å². The first kappa shape index (κ1) is 17.7. The minimum atomic E-state index is -3.09. The molecule has 126 valence electrons. The van der Waals surface area contributed by atoms with Crippen LogP contribution in [-0.4, -0.2) is 60.9 Å². The highest BCUT2D eigenvalue weighted by atomic mass is 35.5. The second-order valence-electron chi connectivity index (χ2n) is 5.15. The van der Waals surface area contributed by atoms with E-state index in [9.17, 15) is 18.0 Å². The van der Waals surface area contributed by atoms with Crippen LogP contribution in [0, 0.1) is 0 Å². The molecule has 23 heavy (non-hydrogen) atoms. The molecule has 0 radical (unpaired) electrons. The van der Waals surface area contributed by atoms with Gasteiger partial charge in [-0.3, -0.25) is 4.79 Å². The summed E-state index contributed by atoms with van der Waals surface area (Å²) < 4.78 is 28.0. The Labute approximate surface area is 139 Å². The molecular weight excluding hydrogens is 344 g/mol. The molecule has 9 heteroatoms. The van der Waals surface area contributed by atoms with Gasteiger partial charge in [-0.2, -0.15) is 0 Å². The maximum atomic E-state index is 12.2. The zero-order valence-corrected chi connectivity index (χ0v) is 14.1. The Kier molecular flexibility index (Phi) is 5.59. The third-order valence-corrected chi connectivity index (χ3v) is 5.67. The number of hydrogen-bond acceptors (Lipinski definition) is 6. The summed E-state index contributed by atoms with van der Waals surface area (Å²) in [4.78, 5) is 29.3. The van der Waals surface area contributed by atoms with Crippen LogP contribution < -0.4 is 0 Å². The first-order chi connectivity index (χ1) is 10.8. The van der Waals surface area contributed by atoms with Crippen molar-refractivity contribution in [2.24, 2.45) is 0 Å². The lowest BCUT2D eigenvalue weighted by atomic mass is 10.2. The maximum absolute atomic E-state index is 12.2. The van der Waals surface area contributed by atoms with Crippen molar-refractivity contribution in [1.82, 2.24) is 9.88 Å². The van der Waals surface area contributed by atoms with Crippen LogP contribution in [0.2, 0.25) is 5.15 Å². The van der Waals surface area contributed by atoms with Gasteiger partial charge in [0, 0.05) is 18.8 Å². The molecule has 0 aromatic carbocycles. The van der Waals surface area contributed by atoms with E-state index in [0.717, 1.165) is 0 Å². The summed E-state index contributed by atoms with van der Waals surface area (Å²) in [5.41, 5.74) is 0.0773. The number of pyridine rings is 1.